The number of hydrogen-bond acceptors (Lipinski definition) is 7. The van der Waals surface area contributed by atoms with Gasteiger partial charge in [0.15, 0.2) is 0 Å². The number of alkyl halides is 3. The number of carbonyl (C=O) groups is 1. The van der Waals surface area contributed by atoms with Crippen molar-refractivity contribution in [2.45, 2.75) is 56.2 Å². The second-order valence-corrected chi connectivity index (χ2v) is 14.2. The molecule has 12 heteroatoms. The van der Waals surface area contributed by atoms with Crippen LogP contribution < -0.4 is 10.2 Å². The highest BCUT2D eigenvalue weighted by Crippen LogP contribution is 2.46. The molecule has 3 N–H and O–H groups in total. The number of hydrogen-bond donors (Lipinski definition) is 3. The van der Waals surface area contributed by atoms with Crippen molar-refractivity contribution in [1.29, 1.82) is 5.26 Å². The summed E-state index contributed by atoms with van der Waals surface area (Å²) >= 11 is 0. The SMILES string of the molecule is N#CC1(NC(=O)[C@@H]2CCCC[C@H]2c2oc(-c3ccc(C(F)(F)F)cc3)nc2-c2ccc(N3CCS(O)(O)CC3)cc2)CC1. The van der Waals surface area contributed by atoms with E-state index in [1.54, 1.807) is 0 Å². The zero-order valence-corrected chi connectivity index (χ0v) is 24.3. The Morgan fingerprint density at radius 3 is 2.26 bits per heavy atom. The molecule has 1 saturated heterocycles. The van der Waals surface area contributed by atoms with Crippen LogP contribution >= 0.6 is 10.6 Å². The summed E-state index contributed by atoms with van der Waals surface area (Å²) in [7, 11) is -2.53. The van der Waals surface area contributed by atoms with Crippen molar-refractivity contribution in [3.05, 3.63) is 59.9 Å². The maximum atomic E-state index is 13.4. The van der Waals surface area contributed by atoms with Crippen LogP contribution in [0, 0.1) is 17.2 Å². The summed E-state index contributed by atoms with van der Waals surface area (Å²) in [6.45, 7) is 1.05. The lowest BCUT2D eigenvalue weighted by molar-refractivity contribution is -0.137. The molecule has 43 heavy (non-hydrogen) atoms. The van der Waals surface area contributed by atoms with Crippen LogP contribution in [0.4, 0.5) is 18.9 Å². The zero-order chi connectivity index (χ0) is 30.4. The monoisotopic (exact) mass is 614 g/mol. The number of benzene rings is 2. The van der Waals surface area contributed by atoms with Crippen molar-refractivity contribution in [1.82, 2.24) is 10.3 Å². The van der Waals surface area contributed by atoms with Gasteiger partial charge >= 0.3 is 6.18 Å². The van der Waals surface area contributed by atoms with Crippen LogP contribution in [0.2, 0.25) is 0 Å². The van der Waals surface area contributed by atoms with E-state index in [2.05, 4.69) is 16.3 Å². The third kappa shape index (κ3) is 6.25. The fraction of sp³-hybridized carbons (Fsp3) is 0.452. The minimum absolute atomic E-state index is 0.171. The summed E-state index contributed by atoms with van der Waals surface area (Å²) in [5.41, 5.74) is 1.01. The Balaban J connectivity index is 1.35. The van der Waals surface area contributed by atoms with Gasteiger partial charge in [-0.25, -0.2) is 4.98 Å². The number of carbonyl (C=O) groups excluding carboxylic acids is 1. The first-order chi connectivity index (χ1) is 20.5. The summed E-state index contributed by atoms with van der Waals surface area (Å²) in [6, 6.07) is 14.5. The Bertz CT molecular complexity index is 1520. The average Bonchev–Trinajstić information content (AvgIpc) is 3.63. The first kappa shape index (κ1) is 29.5. The van der Waals surface area contributed by atoms with Crippen molar-refractivity contribution in [2.75, 3.05) is 29.5 Å². The molecule has 3 aliphatic rings. The molecular formula is C31H33F3N4O4S. The molecule has 2 saturated carbocycles. The lowest BCUT2D eigenvalue weighted by Gasteiger charge is -2.41. The van der Waals surface area contributed by atoms with E-state index in [0.717, 1.165) is 36.2 Å². The van der Waals surface area contributed by atoms with Crippen molar-refractivity contribution in [3.63, 3.8) is 0 Å². The standard InChI is InChI=1S/C31H33F3N4O4S/c32-31(33,34)22-9-5-21(6-10-22)29-36-26(20-7-11-23(12-8-20)38-15-17-43(40,41)18-16-38)27(42-29)24-3-1-2-4-25(24)28(39)37-30(19-35)13-14-30/h5-12,24-25,40-41H,1-4,13-18H2,(H,37,39)/t24-,25-/m1/s1. The molecule has 1 aromatic heterocycles. The van der Waals surface area contributed by atoms with Crippen molar-refractivity contribution in [2.24, 2.45) is 5.92 Å². The smallest absolute Gasteiger partial charge is 0.416 e. The van der Waals surface area contributed by atoms with Crippen LogP contribution in [0.5, 0.6) is 0 Å². The molecule has 1 aliphatic heterocycles. The molecule has 2 aromatic carbocycles. The van der Waals surface area contributed by atoms with Crippen LogP contribution in [-0.4, -0.2) is 50.1 Å². The van der Waals surface area contributed by atoms with Gasteiger partial charge in [-0.3, -0.25) is 13.9 Å². The van der Waals surface area contributed by atoms with E-state index in [4.69, 9.17) is 9.40 Å². The van der Waals surface area contributed by atoms with Gasteiger partial charge in [0.2, 0.25) is 11.8 Å². The number of nitrogens with zero attached hydrogens (tertiary/aromatic N) is 3. The Morgan fingerprint density at radius 2 is 1.65 bits per heavy atom. The number of amides is 1. The Hall–Kier alpha value is -3.53. The van der Waals surface area contributed by atoms with Crippen LogP contribution in [0.1, 0.15) is 55.8 Å². The van der Waals surface area contributed by atoms with E-state index in [-0.39, 0.29) is 17.7 Å². The molecule has 0 spiro atoms. The maximum absolute atomic E-state index is 13.4. The molecule has 6 rings (SSSR count). The maximum Gasteiger partial charge on any atom is 0.416 e. The minimum Gasteiger partial charge on any atom is -0.440 e. The van der Waals surface area contributed by atoms with Crippen LogP contribution in [-0.2, 0) is 11.0 Å². The zero-order valence-electron chi connectivity index (χ0n) is 23.4. The largest absolute Gasteiger partial charge is 0.440 e. The number of halogens is 3. The topological polar surface area (TPSA) is 123 Å². The molecule has 0 unspecified atom stereocenters. The van der Waals surface area contributed by atoms with Crippen LogP contribution in [0.15, 0.2) is 52.9 Å². The number of nitriles is 1. The average molecular weight is 615 g/mol. The molecule has 2 atom stereocenters. The number of rotatable bonds is 6. The Kier molecular flexibility index (Phi) is 7.69. The normalized spacial score (nSPS) is 23.7. The molecule has 8 nitrogen and oxygen atoms in total. The van der Waals surface area contributed by atoms with Gasteiger partial charge in [0.1, 0.15) is 17.0 Å². The second kappa shape index (κ2) is 11.2. The number of oxazole rings is 1. The van der Waals surface area contributed by atoms with E-state index in [0.29, 0.717) is 67.3 Å². The number of anilines is 1. The van der Waals surface area contributed by atoms with E-state index in [9.17, 15) is 32.3 Å². The van der Waals surface area contributed by atoms with E-state index in [1.807, 2.05) is 24.3 Å². The summed E-state index contributed by atoms with van der Waals surface area (Å²) < 4.78 is 65.9. The van der Waals surface area contributed by atoms with E-state index in [1.165, 1.54) is 12.1 Å². The summed E-state index contributed by atoms with van der Waals surface area (Å²) in [5, 5.41) is 12.5. The van der Waals surface area contributed by atoms with Gasteiger partial charge in [-0.15, -0.1) is 0 Å². The highest BCUT2D eigenvalue weighted by atomic mass is 32.3. The summed E-state index contributed by atoms with van der Waals surface area (Å²) in [6.07, 6.45) is -0.185. The third-order valence-corrected chi connectivity index (χ3v) is 10.4. The van der Waals surface area contributed by atoms with Crippen LogP contribution in [0.25, 0.3) is 22.7 Å². The minimum atomic E-state index is -4.47. The Morgan fingerprint density at radius 1 is 1.02 bits per heavy atom. The van der Waals surface area contributed by atoms with Gasteiger partial charge in [0, 0.05) is 41.7 Å². The first-order valence-corrected chi connectivity index (χ1v) is 16.4. The highest BCUT2D eigenvalue weighted by molar-refractivity contribution is 8.24. The second-order valence-electron chi connectivity index (χ2n) is 11.7. The van der Waals surface area contributed by atoms with Gasteiger partial charge in [-0.05, 0) is 62.1 Å². The lowest BCUT2D eigenvalue weighted by atomic mass is 9.76. The third-order valence-electron chi connectivity index (χ3n) is 8.76. The molecule has 2 heterocycles. The molecular weight excluding hydrogens is 581 g/mol. The van der Waals surface area contributed by atoms with Crippen LogP contribution in [0.3, 0.4) is 0 Å². The van der Waals surface area contributed by atoms with Gasteiger partial charge in [-0.2, -0.15) is 29.0 Å². The number of aromatic nitrogens is 1. The van der Waals surface area contributed by atoms with Gasteiger partial charge < -0.3 is 14.6 Å². The molecule has 0 radical (unpaired) electrons. The predicted octanol–water partition coefficient (Wildman–Crippen LogP) is 7.04. The molecule has 1 amide bonds. The van der Waals surface area contributed by atoms with E-state index < -0.39 is 33.8 Å². The molecule has 0 bridgehead atoms. The molecule has 228 valence electrons. The van der Waals surface area contributed by atoms with E-state index >= 15 is 0 Å². The van der Waals surface area contributed by atoms with Gasteiger partial charge in [-0.1, -0.05) is 25.0 Å². The first-order valence-electron chi connectivity index (χ1n) is 14.5. The predicted molar refractivity (Wildman–Crippen MR) is 158 cm³/mol. The fourth-order valence-corrected chi connectivity index (χ4v) is 7.24. The van der Waals surface area contributed by atoms with Crippen molar-refractivity contribution in [3.8, 4) is 28.8 Å². The summed E-state index contributed by atoms with van der Waals surface area (Å²) in [4.78, 5) is 20.3. The summed E-state index contributed by atoms with van der Waals surface area (Å²) in [5.74, 6) is 0.377. The Labute approximate surface area is 249 Å². The van der Waals surface area contributed by atoms with Crippen molar-refractivity contribution >= 4 is 22.2 Å². The fourth-order valence-electron chi connectivity index (χ4n) is 6.01. The number of nitrogens with one attached hydrogen (secondary N) is 1. The molecule has 3 fully saturated rings. The lowest BCUT2D eigenvalue weighted by Crippen LogP contribution is -2.42. The highest BCUT2D eigenvalue weighted by Gasteiger charge is 2.47. The quantitative estimate of drug-likeness (QED) is 0.272. The van der Waals surface area contributed by atoms with Gasteiger partial charge in [0.25, 0.3) is 0 Å². The molecule has 2 aliphatic carbocycles. The molecule has 3 aromatic rings. The van der Waals surface area contributed by atoms with Gasteiger partial charge in [0.05, 0.1) is 23.1 Å². The van der Waals surface area contributed by atoms with Crippen molar-refractivity contribution < 1.29 is 31.5 Å².